The third-order valence-corrected chi connectivity index (χ3v) is 4.24. The summed E-state index contributed by atoms with van der Waals surface area (Å²) < 4.78 is 6.34. The summed E-state index contributed by atoms with van der Waals surface area (Å²) in [6.07, 6.45) is -0.161. The van der Waals surface area contributed by atoms with Crippen molar-refractivity contribution in [3.05, 3.63) is 27.3 Å². The number of ether oxygens (including phenoxy) is 1. The number of phenols is 1. The predicted octanol–water partition coefficient (Wildman–Crippen LogP) is 2.47. The number of nitrogens with zero attached hydrogens (tertiary/aromatic N) is 1. The molecule has 6 heteroatoms. The molecule has 0 aromatic heterocycles. The highest BCUT2D eigenvalue weighted by Crippen LogP contribution is 2.22. The number of hydrogen-bond donors (Lipinski definition) is 1. The molecule has 1 amide bonds. The van der Waals surface area contributed by atoms with Crippen LogP contribution in [-0.4, -0.2) is 47.1 Å². The van der Waals surface area contributed by atoms with E-state index in [2.05, 4.69) is 0 Å². The summed E-state index contributed by atoms with van der Waals surface area (Å²) in [6.45, 7) is 2.95. The van der Waals surface area contributed by atoms with E-state index in [-0.39, 0.29) is 23.9 Å². The van der Waals surface area contributed by atoms with Crippen LogP contribution in [0, 0.1) is 3.57 Å². The Bertz CT molecular complexity index is 483. The van der Waals surface area contributed by atoms with E-state index in [0.29, 0.717) is 24.5 Å². The molecule has 1 aliphatic heterocycles. The first kappa shape index (κ1) is 14.9. The van der Waals surface area contributed by atoms with Gasteiger partial charge in [-0.15, -0.1) is 11.6 Å². The molecule has 1 aromatic carbocycles. The van der Waals surface area contributed by atoms with E-state index in [1.807, 2.05) is 29.5 Å². The van der Waals surface area contributed by atoms with E-state index in [4.69, 9.17) is 16.3 Å². The zero-order valence-corrected chi connectivity index (χ0v) is 13.4. The molecule has 0 bridgehead atoms. The summed E-state index contributed by atoms with van der Waals surface area (Å²) in [7, 11) is 0. The number of hydrogen-bond acceptors (Lipinski definition) is 3. The zero-order chi connectivity index (χ0) is 14.0. The van der Waals surface area contributed by atoms with Crippen molar-refractivity contribution in [2.24, 2.45) is 0 Å². The average molecular weight is 396 g/mol. The topological polar surface area (TPSA) is 49.8 Å². The summed E-state index contributed by atoms with van der Waals surface area (Å²) in [4.78, 5) is 14.1. The molecular formula is C13H15ClINO3. The molecule has 0 saturated carbocycles. The van der Waals surface area contributed by atoms with E-state index < -0.39 is 0 Å². The fourth-order valence-electron chi connectivity index (χ4n) is 2.12. The third kappa shape index (κ3) is 3.52. The van der Waals surface area contributed by atoms with Gasteiger partial charge in [-0.2, -0.15) is 0 Å². The van der Waals surface area contributed by atoms with E-state index in [1.54, 1.807) is 17.0 Å². The van der Waals surface area contributed by atoms with Crippen LogP contribution in [0.5, 0.6) is 5.75 Å². The molecular weight excluding hydrogens is 381 g/mol. The van der Waals surface area contributed by atoms with Crippen LogP contribution in [-0.2, 0) is 4.74 Å². The molecule has 0 aliphatic carbocycles. The number of morpholine rings is 1. The quantitative estimate of drug-likeness (QED) is 0.618. The molecule has 0 radical (unpaired) electrons. The van der Waals surface area contributed by atoms with Gasteiger partial charge in [0.15, 0.2) is 0 Å². The SMILES string of the molecule is CC1CN(C(=O)c2ccc(I)c(O)c2)CC(CCl)O1. The van der Waals surface area contributed by atoms with Crippen molar-refractivity contribution in [1.82, 2.24) is 4.90 Å². The summed E-state index contributed by atoms with van der Waals surface area (Å²) >= 11 is 7.82. The normalized spacial score (nSPS) is 23.4. The van der Waals surface area contributed by atoms with Gasteiger partial charge in [-0.3, -0.25) is 4.79 Å². The Balaban J connectivity index is 2.16. The third-order valence-electron chi connectivity index (χ3n) is 2.98. The number of aromatic hydroxyl groups is 1. The zero-order valence-electron chi connectivity index (χ0n) is 10.5. The van der Waals surface area contributed by atoms with Crippen molar-refractivity contribution in [1.29, 1.82) is 0 Å². The Morgan fingerprint density at radius 3 is 2.95 bits per heavy atom. The molecule has 1 aromatic rings. The number of halogens is 2. The molecule has 0 spiro atoms. The van der Waals surface area contributed by atoms with E-state index >= 15 is 0 Å². The second-order valence-electron chi connectivity index (χ2n) is 4.60. The molecule has 2 atom stereocenters. The average Bonchev–Trinajstić information content (AvgIpc) is 2.40. The molecule has 1 N–H and O–H groups in total. The van der Waals surface area contributed by atoms with Crippen molar-refractivity contribution < 1.29 is 14.6 Å². The first-order valence-electron chi connectivity index (χ1n) is 6.00. The van der Waals surface area contributed by atoms with Gasteiger partial charge < -0.3 is 14.7 Å². The van der Waals surface area contributed by atoms with Crippen LogP contribution in [0.15, 0.2) is 18.2 Å². The summed E-state index contributed by atoms with van der Waals surface area (Å²) in [5, 5.41) is 9.67. The number of rotatable bonds is 2. The van der Waals surface area contributed by atoms with Crippen molar-refractivity contribution in [3.8, 4) is 5.75 Å². The number of carbonyl (C=O) groups is 1. The molecule has 104 valence electrons. The lowest BCUT2D eigenvalue weighted by molar-refractivity contribution is -0.0570. The molecule has 19 heavy (non-hydrogen) atoms. The Morgan fingerprint density at radius 1 is 1.58 bits per heavy atom. The van der Waals surface area contributed by atoms with Crippen LogP contribution in [0.1, 0.15) is 17.3 Å². The second kappa shape index (κ2) is 6.28. The van der Waals surface area contributed by atoms with Gasteiger partial charge in [-0.1, -0.05) is 0 Å². The van der Waals surface area contributed by atoms with Crippen LogP contribution in [0.3, 0.4) is 0 Å². The fourth-order valence-corrected chi connectivity index (χ4v) is 2.63. The lowest BCUT2D eigenvalue weighted by Gasteiger charge is -2.36. The van der Waals surface area contributed by atoms with E-state index in [0.717, 1.165) is 3.57 Å². The Labute approximate surface area is 130 Å². The van der Waals surface area contributed by atoms with Gasteiger partial charge in [0.25, 0.3) is 5.91 Å². The highest BCUT2D eigenvalue weighted by Gasteiger charge is 2.28. The number of alkyl halides is 1. The Kier molecular flexibility index (Phi) is 4.92. The van der Waals surface area contributed by atoms with Gasteiger partial charge in [0.05, 0.1) is 21.7 Å². The van der Waals surface area contributed by atoms with Crippen LogP contribution in [0.4, 0.5) is 0 Å². The molecule has 1 fully saturated rings. The van der Waals surface area contributed by atoms with Crippen LogP contribution in [0.25, 0.3) is 0 Å². The summed E-state index contributed by atoms with van der Waals surface area (Å²) in [5.74, 6) is 0.394. The fraction of sp³-hybridized carbons (Fsp3) is 0.462. The van der Waals surface area contributed by atoms with Crippen molar-refractivity contribution in [2.75, 3.05) is 19.0 Å². The molecule has 2 unspecified atom stereocenters. The number of phenolic OH excluding ortho intramolecular Hbond substituents is 1. The van der Waals surface area contributed by atoms with Gasteiger partial charge >= 0.3 is 0 Å². The Morgan fingerprint density at radius 2 is 2.32 bits per heavy atom. The summed E-state index contributed by atoms with van der Waals surface area (Å²) in [6, 6.07) is 4.95. The lowest BCUT2D eigenvalue weighted by Crippen LogP contribution is -2.49. The number of amides is 1. The predicted molar refractivity (Wildman–Crippen MR) is 81.8 cm³/mol. The maximum atomic E-state index is 12.4. The molecule has 1 heterocycles. The maximum absolute atomic E-state index is 12.4. The second-order valence-corrected chi connectivity index (χ2v) is 6.07. The van der Waals surface area contributed by atoms with Gasteiger partial charge in [-0.25, -0.2) is 0 Å². The minimum Gasteiger partial charge on any atom is -0.507 e. The number of benzene rings is 1. The first-order chi connectivity index (χ1) is 9.01. The minimum atomic E-state index is -0.133. The van der Waals surface area contributed by atoms with Crippen molar-refractivity contribution >= 4 is 40.1 Å². The first-order valence-corrected chi connectivity index (χ1v) is 7.61. The van der Waals surface area contributed by atoms with Gasteiger partial charge in [-0.05, 0) is 47.7 Å². The molecule has 2 rings (SSSR count). The van der Waals surface area contributed by atoms with Crippen LogP contribution in [0.2, 0.25) is 0 Å². The monoisotopic (exact) mass is 395 g/mol. The summed E-state index contributed by atoms with van der Waals surface area (Å²) in [5.41, 5.74) is 0.486. The van der Waals surface area contributed by atoms with Gasteiger partial charge in [0.1, 0.15) is 5.75 Å². The Hall–Kier alpha value is -0.530. The molecule has 1 aliphatic rings. The van der Waals surface area contributed by atoms with E-state index in [1.165, 1.54) is 6.07 Å². The van der Waals surface area contributed by atoms with Crippen LogP contribution < -0.4 is 0 Å². The lowest BCUT2D eigenvalue weighted by atomic mass is 10.1. The molecule has 4 nitrogen and oxygen atoms in total. The molecule has 1 saturated heterocycles. The van der Waals surface area contributed by atoms with Crippen LogP contribution >= 0.6 is 34.2 Å². The van der Waals surface area contributed by atoms with Gasteiger partial charge in [0.2, 0.25) is 0 Å². The highest BCUT2D eigenvalue weighted by atomic mass is 127. The van der Waals surface area contributed by atoms with Crippen molar-refractivity contribution in [3.63, 3.8) is 0 Å². The van der Waals surface area contributed by atoms with E-state index in [9.17, 15) is 9.90 Å². The van der Waals surface area contributed by atoms with Gasteiger partial charge in [0, 0.05) is 18.7 Å². The highest BCUT2D eigenvalue weighted by molar-refractivity contribution is 14.1. The smallest absolute Gasteiger partial charge is 0.254 e. The minimum absolute atomic E-state index is 0.0288. The maximum Gasteiger partial charge on any atom is 0.254 e. The standard InChI is InChI=1S/C13H15ClINO3/c1-8-6-16(7-10(5-14)19-8)13(18)9-2-3-11(15)12(17)4-9/h2-4,8,10,17H,5-7H2,1H3. The van der Waals surface area contributed by atoms with Crippen molar-refractivity contribution in [2.45, 2.75) is 19.1 Å². The largest absolute Gasteiger partial charge is 0.507 e. The number of carbonyl (C=O) groups excluding carboxylic acids is 1.